The molecule has 0 amide bonds. The van der Waals surface area contributed by atoms with Crippen molar-refractivity contribution in [3.63, 3.8) is 0 Å². The van der Waals surface area contributed by atoms with E-state index in [1.807, 2.05) is 0 Å². The van der Waals surface area contributed by atoms with Gasteiger partial charge in [0.2, 0.25) is 0 Å². The van der Waals surface area contributed by atoms with Crippen molar-refractivity contribution in [2.24, 2.45) is 11.3 Å². The summed E-state index contributed by atoms with van der Waals surface area (Å²) in [5.41, 5.74) is 2.64. The summed E-state index contributed by atoms with van der Waals surface area (Å²) in [6, 6.07) is 0. The minimum absolute atomic E-state index is 0.245. The predicted molar refractivity (Wildman–Crippen MR) is 78.0 cm³/mol. The quantitative estimate of drug-likeness (QED) is 0.566. The van der Waals surface area contributed by atoms with Crippen LogP contribution in [-0.4, -0.2) is 19.0 Å². The van der Waals surface area contributed by atoms with E-state index in [4.69, 9.17) is 4.74 Å². The lowest BCUT2D eigenvalue weighted by Crippen LogP contribution is -2.25. The molecule has 2 rings (SSSR count). The highest BCUT2D eigenvalue weighted by Gasteiger charge is 2.54. The summed E-state index contributed by atoms with van der Waals surface area (Å²) in [6.45, 7) is 7.35. The summed E-state index contributed by atoms with van der Waals surface area (Å²) in [6.07, 6.45) is 11.1. The number of fused-ring (bicyclic) bond motifs is 1. The Hall–Kier alpha value is -0.890. The van der Waals surface area contributed by atoms with Crippen LogP contribution in [-0.2, 0) is 9.53 Å². The SMILES string of the molecule is CCOC1CCC(C)=CCCC(C=O)=CC2CC21C. The van der Waals surface area contributed by atoms with Crippen LogP contribution < -0.4 is 0 Å². The maximum atomic E-state index is 11.1. The molecular formula is C17H26O2. The minimum Gasteiger partial charge on any atom is -0.378 e. The van der Waals surface area contributed by atoms with Gasteiger partial charge in [-0.25, -0.2) is 0 Å². The van der Waals surface area contributed by atoms with Gasteiger partial charge in [-0.05, 0) is 57.4 Å². The molecule has 19 heavy (non-hydrogen) atoms. The van der Waals surface area contributed by atoms with Crippen LogP contribution in [0, 0.1) is 11.3 Å². The Balaban J connectivity index is 2.18. The Morgan fingerprint density at radius 1 is 1.47 bits per heavy atom. The standard InChI is InChI=1S/C17H26O2/c1-4-19-16-9-8-13(2)6-5-7-14(12-18)10-15-11-17(15,16)3/h6,10,12,15-16H,4-5,7-9,11H2,1-3H3. The van der Waals surface area contributed by atoms with Crippen molar-refractivity contribution >= 4 is 6.29 Å². The normalized spacial score (nSPS) is 35.5. The zero-order chi connectivity index (χ0) is 13.9. The molecular weight excluding hydrogens is 236 g/mol. The van der Waals surface area contributed by atoms with E-state index >= 15 is 0 Å². The largest absolute Gasteiger partial charge is 0.378 e. The maximum absolute atomic E-state index is 11.1. The van der Waals surface area contributed by atoms with Gasteiger partial charge in [0.15, 0.2) is 0 Å². The van der Waals surface area contributed by atoms with E-state index in [0.29, 0.717) is 12.0 Å². The zero-order valence-electron chi connectivity index (χ0n) is 12.4. The molecule has 0 aliphatic heterocycles. The monoisotopic (exact) mass is 262 g/mol. The van der Waals surface area contributed by atoms with Gasteiger partial charge in [0.25, 0.3) is 0 Å². The van der Waals surface area contributed by atoms with Crippen LogP contribution in [0.5, 0.6) is 0 Å². The highest BCUT2D eigenvalue weighted by atomic mass is 16.5. The molecule has 2 aliphatic rings. The predicted octanol–water partition coefficient (Wildman–Crippen LogP) is 4.06. The molecule has 0 radical (unpaired) electrons. The highest BCUT2D eigenvalue weighted by molar-refractivity contribution is 5.73. The molecule has 0 saturated heterocycles. The molecule has 0 aromatic heterocycles. The van der Waals surface area contributed by atoms with Crippen LogP contribution in [0.2, 0.25) is 0 Å². The lowest BCUT2D eigenvalue weighted by Gasteiger charge is -2.24. The summed E-state index contributed by atoms with van der Waals surface area (Å²) < 4.78 is 5.98. The number of rotatable bonds is 3. The minimum atomic E-state index is 0.245. The first kappa shape index (κ1) is 14.5. The topological polar surface area (TPSA) is 26.3 Å². The number of hydrogen-bond acceptors (Lipinski definition) is 2. The fourth-order valence-corrected chi connectivity index (χ4v) is 3.23. The number of allylic oxidation sites excluding steroid dienone is 4. The van der Waals surface area contributed by atoms with Crippen LogP contribution in [0.1, 0.15) is 52.9 Å². The Bertz CT molecular complexity index is 394. The summed E-state index contributed by atoms with van der Waals surface area (Å²) >= 11 is 0. The molecule has 3 unspecified atom stereocenters. The van der Waals surface area contributed by atoms with E-state index < -0.39 is 0 Å². The van der Waals surface area contributed by atoms with Crippen LogP contribution in [0.15, 0.2) is 23.3 Å². The molecule has 0 aromatic carbocycles. The summed E-state index contributed by atoms with van der Waals surface area (Å²) in [5.74, 6) is 0.530. The Kier molecular flexibility index (Phi) is 4.62. The summed E-state index contributed by atoms with van der Waals surface area (Å²) in [4.78, 5) is 11.1. The van der Waals surface area contributed by atoms with Crippen molar-refractivity contribution in [2.75, 3.05) is 6.61 Å². The van der Waals surface area contributed by atoms with Crippen molar-refractivity contribution < 1.29 is 9.53 Å². The highest BCUT2D eigenvalue weighted by Crippen LogP contribution is 2.58. The number of carbonyl (C=O) groups excluding carboxylic acids is 1. The molecule has 1 fully saturated rings. The molecule has 106 valence electrons. The van der Waals surface area contributed by atoms with Gasteiger partial charge in [0.05, 0.1) is 6.10 Å². The molecule has 0 heterocycles. The molecule has 1 saturated carbocycles. The third kappa shape index (κ3) is 3.36. The summed E-state index contributed by atoms with van der Waals surface area (Å²) in [7, 11) is 0. The zero-order valence-corrected chi connectivity index (χ0v) is 12.4. The number of aldehydes is 1. The third-order valence-electron chi connectivity index (χ3n) is 4.74. The second-order valence-electron chi connectivity index (χ2n) is 6.25. The Labute approximate surface area is 116 Å². The van der Waals surface area contributed by atoms with E-state index in [-0.39, 0.29) is 5.41 Å². The smallest absolute Gasteiger partial charge is 0.145 e. The number of carbonyl (C=O) groups is 1. The number of hydrogen-bond donors (Lipinski definition) is 0. The second kappa shape index (κ2) is 6.04. The molecule has 2 nitrogen and oxygen atoms in total. The fraction of sp³-hybridized carbons (Fsp3) is 0.706. The average molecular weight is 262 g/mol. The van der Waals surface area contributed by atoms with Gasteiger partial charge in [-0.3, -0.25) is 4.79 Å². The molecule has 0 aromatic rings. The van der Waals surface area contributed by atoms with Gasteiger partial charge < -0.3 is 4.74 Å². The number of ether oxygens (including phenoxy) is 1. The first-order valence-electron chi connectivity index (χ1n) is 7.53. The van der Waals surface area contributed by atoms with Gasteiger partial charge in [0.1, 0.15) is 6.29 Å². The first-order valence-corrected chi connectivity index (χ1v) is 7.53. The molecule has 3 atom stereocenters. The van der Waals surface area contributed by atoms with Gasteiger partial charge in [-0.1, -0.05) is 24.6 Å². The van der Waals surface area contributed by atoms with Gasteiger partial charge in [-0.2, -0.15) is 0 Å². The second-order valence-corrected chi connectivity index (χ2v) is 6.25. The fourth-order valence-electron chi connectivity index (χ4n) is 3.23. The molecule has 0 N–H and O–H groups in total. The molecule has 2 heteroatoms. The van der Waals surface area contributed by atoms with E-state index in [2.05, 4.69) is 32.9 Å². The van der Waals surface area contributed by atoms with Crippen LogP contribution in [0.4, 0.5) is 0 Å². The first-order chi connectivity index (χ1) is 9.10. The average Bonchev–Trinajstić information content (AvgIpc) is 3.04. The lowest BCUT2D eigenvalue weighted by molar-refractivity contribution is -0.105. The van der Waals surface area contributed by atoms with E-state index in [0.717, 1.165) is 50.6 Å². The maximum Gasteiger partial charge on any atom is 0.145 e. The van der Waals surface area contributed by atoms with Crippen molar-refractivity contribution in [3.05, 3.63) is 23.3 Å². The van der Waals surface area contributed by atoms with Crippen molar-refractivity contribution in [3.8, 4) is 0 Å². The van der Waals surface area contributed by atoms with Crippen molar-refractivity contribution in [1.29, 1.82) is 0 Å². The third-order valence-corrected chi connectivity index (χ3v) is 4.74. The molecule has 0 spiro atoms. The van der Waals surface area contributed by atoms with Crippen molar-refractivity contribution in [1.82, 2.24) is 0 Å². The van der Waals surface area contributed by atoms with E-state index in [1.165, 1.54) is 5.57 Å². The lowest BCUT2D eigenvalue weighted by atomic mass is 9.92. The van der Waals surface area contributed by atoms with Crippen LogP contribution in [0.3, 0.4) is 0 Å². The van der Waals surface area contributed by atoms with E-state index in [9.17, 15) is 4.79 Å². The Morgan fingerprint density at radius 2 is 2.26 bits per heavy atom. The van der Waals surface area contributed by atoms with Crippen LogP contribution >= 0.6 is 0 Å². The van der Waals surface area contributed by atoms with Gasteiger partial charge in [0, 0.05) is 12.0 Å². The molecule has 0 bridgehead atoms. The Morgan fingerprint density at radius 3 is 2.95 bits per heavy atom. The van der Waals surface area contributed by atoms with Crippen LogP contribution in [0.25, 0.3) is 0 Å². The van der Waals surface area contributed by atoms with Crippen molar-refractivity contribution in [2.45, 2.75) is 59.0 Å². The van der Waals surface area contributed by atoms with Gasteiger partial charge >= 0.3 is 0 Å². The summed E-state index contributed by atoms with van der Waals surface area (Å²) in [5, 5.41) is 0. The molecule has 2 aliphatic carbocycles. The van der Waals surface area contributed by atoms with Gasteiger partial charge in [-0.15, -0.1) is 0 Å². The van der Waals surface area contributed by atoms with E-state index in [1.54, 1.807) is 0 Å².